The lowest BCUT2D eigenvalue weighted by Gasteiger charge is -2.18. The van der Waals surface area contributed by atoms with Gasteiger partial charge in [0.1, 0.15) is 0 Å². The fraction of sp³-hybridized carbons (Fsp3) is 0.500. The fourth-order valence-electron chi connectivity index (χ4n) is 1.39. The first kappa shape index (κ1) is 14.0. The van der Waals surface area contributed by atoms with Gasteiger partial charge in [0.25, 0.3) is 10.0 Å². The quantitative estimate of drug-likeness (QED) is 0.807. The molecule has 0 atom stereocenters. The predicted octanol–water partition coefficient (Wildman–Crippen LogP) is 0.779. The minimum absolute atomic E-state index is 0.0156. The van der Waals surface area contributed by atoms with Crippen LogP contribution in [-0.4, -0.2) is 30.8 Å². The fourth-order valence-corrected chi connectivity index (χ4v) is 4.27. The lowest BCUT2D eigenvalue weighted by molar-refractivity contribution is 0.446. The predicted molar refractivity (Wildman–Crippen MR) is 67.6 cm³/mol. The van der Waals surface area contributed by atoms with Gasteiger partial charge in [0.05, 0.1) is 6.54 Å². The van der Waals surface area contributed by atoms with Crippen LogP contribution in [0, 0.1) is 19.3 Å². The second kappa shape index (κ2) is 5.49. The summed E-state index contributed by atoms with van der Waals surface area (Å²) in [6, 6.07) is 0. The monoisotopic (exact) mass is 274 g/mol. The zero-order valence-corrected chi connectivity index (χ0v) is 11.3. The molecule has 17 heavy (non-hydrogen) atoms. The largest absolute Gasteiger partial charge is 0.315 e. The van der Waals surface area contributed by atoms with E-state index in [9.17, 15) is 13.2 Å². The molecule has 1 N–H and O–H groups in total. The van der Waals surface area contributed by atoms with Gasteiger partial charge in [-0.25, -0.2) is 8.42 Å². The number of nitrogens with zero attached hydrogens (tertiary/aromatic N) is 1. The van der Waals surface area contributed by atoms with Gasteiger partial charge in [-0.3, -0.25) is 4.79 Å². The molecule has 0 fully saturated rings. The number of hydrogen-bond donors (Lipinski definition) is 1. The highest BCUT2D eigenvalue weighted by atomic mass is 32.2. The maximum atomic E-state index is 12.2. The van der Waals surface area contributed by atoms with Crippen LogP contribution in [0.15, 0.2) is 9.00 Å². The molecule has 0 aliphatic rings. The molecule has 1 aromatic heterocycles. The third kappa shape index (κ3) is 2.97. The number of aromatic nitrogens is 1. The summed E-state index contributed by atoms with van der Waals surface area (Å²) in [6.07, 6.45) is 5.82. The maximum Gasteiger partial charge on any atom is 0.305 e. The summed E-state index contributed by atoms with van der Waals surface area (Å²) in [4.78, 5) is 13.2. The van der Waals surface area contributed by atoms with Crippen molar-refractivity contribution >= 4 is 21.4 Å². The average molecular weight is 274 g/mol. The number of terminal acetylenes is 1. The Hall–Kier alpha value is -1.10. The molecule has 1 aromatic rings. The zero-order chi connectivity index (χ0) is 13.1. The van der Waals surface area contributed by atoms with Crippen LogP contribution >= 0.6 is 11.3 Å². The first-order valence-corrected chi connectivity index (χ1v) is 7.32. The molecule has 0 aliphatic heterocycles. The SMILES string of the molecule is C#CCN(CCC)S(=O)(=O)c1sc(=O)[nH]c1C. The second-order valence-corrected chi connectivity index (χ2v) is 6.59. The first-order chi connectivity index (χ1) is 7.93. The van der Waals surface area contributed by atoms with E-state index in [2.05, 4.69) is 10.9 Å². The van der Waals surface area contributed by atoms with Crippen molar-refractivity contribution in [3.63, 3.8) is 0 Å². The van der Waals surface area contributed by atoms with Crippen molar-refractivity contribution in [2.75, 3.05) is 13.1 Å². The molecule has 0 bridgehead atoms. The lowest BCUT2D eigenvalue weighted by Crippen LogP contribution is -2.32. The summed E-state index contributed by atoms with van der Waals surface area (Å²) in [5, 5.41) is 0. The van der Waals surface area contributed by atoms with Crippen LogP contribution in [0.25, 0.3) is 0 Å². The van der Waals surface area contributed by atoms with Gasteiger partial charge in [-0.2, -0.15) is 4.31 Å². The van der Waals surface area contributed by atoms with E-state index in [1.54, 1.807) is 6.92 Å². The van der Waals surface area contributed by atoms with Crippen LogP contribution in [0.1, 0.15) is 19.0 Å². The number of H-pyrrole nitrogens is 1. The Labute approximate surface area is 105 Å². The van der Waals surface area contributed by atoms with E-state index in [4.69, 9.17) is 6.42 Å². The molecule has 0 spiro atoms. The van der Waals surface area contributed by atoms with E-state index in [1.807, 2.05) is 6.92 Å². The van der Waals surface area contributed by atoms with Crippen molar-refractivity contribution in [1.29, 1.82) is 0 Å². The Morgan fingerprint density at radius 3 is 2.59 bits per heavy atom. The number of rotatable bonds is 5. The molecular formula is C10H14N2O3S2. The van der Waals surface area contributed by atoms with Gasteiger partial charge in [-0.15, -0.1) is 6.42 Å². The molecule has 5 nitrogen and oxygen atoms in total. The van der Waals surface area contributed by atoms with Gasteiger partial charge in [0.2, 0.25) is 0 Å². The number of hydrogen-bond acceptors (Lipinski definition) is 4. The van der Waals surface area contributed by atoms with Crippen LogP contribution in [0.4, 0.5) is 0 Å². The molecule has 1 heterocycles. The van der Waals surface area contributed by atoms with Crippen LogP contribution in [0.3, 0.4) is 0 Å². The van der Waals surface area contributed by atoms with Crippen molar-refractivity contribution < 1.29 is 8.42 Å². The molecule has 0 aromatic carbocycles. The minimum atomic E-state index is -3.66. The van der Waals surface area contributed by atoms with Crippen LogP contribution in [-0.2, 0) is 10.0 Å². The van der Waals surface area contributed by atoms with Gasteiger partial charge in [0, 0.05) is 12.2 Å². The molecule has 0 radical (unpaired) electrons. The van der Waals surface area contributed by atoms with E-state index < -0.39 is 10.0 Å². The van der Waals surface area contributed by atoms with Crippen LogP contribution in [0.2, 0.25) is 0 Å². The molecule has 1 rings (SSSR count). The Morgan fingerprint density at radius 2 is 2.18 bits per heavy atom. The van der Waals surface area contributed by atoms with Gasteiger partial charge < -0.3 is 4.98 Å². The van der Waals surface area contributed by atoms with E-state index in [0.717, 1.165) is 0 Å². The maximum absolute atomic E-state index is 12.2. The molecular weight excluding hydrogens is 260 g/mol. The number of nitrogens with one attached hydrogen (secondary N) is 1. The van der Waals surface area contributed by atoms with Gasteiger partial charge in [-0.05, 0) is 13.3 Å². The third-order valence-electron chi connectivity index (χ3n) is 2.10. The smallest absolute Gasteiger partial charge is 0.305 e. The Morgan fingerprint density at radius 1 is 1.53 bits per heavy atom. The minimum Gasteiger partial charge on any atom is -0.315 e. The molecule has 0 amide bonds. The molecule has 0 unspecified atom stereocenters. The Bertz CT molecular complexity index is 577. The third-order valence-corrected chi connectivity index (χ3v) is 5.52. The van der Waals surface area contributed by atoms with E-state index in [1.165, 1.54) is 4.31 Å². The summed E-state index contributed by atoms with van der Waals surface area (Å²) >= 11 is 0.692. The standard InChI is InChI=1S/C10H14N2O3S2/c1-4-6-12(7-5-2)17(14,15)9-8(3)11-10(13)16-9/h1H,5-7H2,2-3H3,(H,11,13). The molecule has 94 valence electrons. The summed E-state index contributed by atoms with van der Waals surface area (Å²) in [5.74, 6) is 2.32. The Kier molecular flexibility index (Phi) is 4.51. The van der Waals surface area contributed by atoms with E-state index in [0.29, 0.717) is 30.0 Å². The van der Waals surface area contributed by atoms with E-state index >= 15 is 0 Å². The van der Waals surface area contributed by atoms with Crippen molar-refractivity contribution in [2.45, 2.75) is 24.5 Å². The van der Waals surface area contributed by atoms with Gasteiger partial charge >= 0.3 is 4.87 Å². The molecule has 0 saturated carbocycles. The van der Waals surface area contributed by atoms with Crippen molar-refractivity contribution in [3.8, 4) is 12.3 Å². The number of thiazole rings is 1. The van der Waals surface area contributed by atoms with Crippen molar-refractivity contribution in [2.24, 2.45) is 0 Å². The highest BCUT2D eigenvalue weighted by Crippen LogP contribution is 2.20. The number of sulfonamides is 1. The topological polar surface area (TPSA) is 70.2 Å². The van der Waals surface area contributed by atoms with Crippen LogP contribution < -0.4 is 4.87 Å². The first-order valence-electron chi connectivity index (χ1n) is 5.06. The van der Waals surface area contributed by atoms with E-state index in [-0.39, 0.29) is 15.6 Å². The number of aryl methyl sites for hydroxylation is 1. The number of aromatic amines is 1. The van der Waals surface area contributed by atoms with Crippen LogP contribution in [0.5, 0.6) is 0 Å². The summed E-state index contributed by atoms with van der Waals surface area (Å²) in [5.41, 5.74) is 0.359. The molecule has 0 saturated heterocycles. The molecule has 0 aliphatic carbocycles. The Balaban J connectivity index is 3.21. The van der Waals surface area contributed by atoms with Crippen molar-refractivity contribution in [3.05, 3.63) is 15.4 Å². The summed E-state index contributed by atoms with van der Waals surface area (Å²) in [6.45, 7) is 3.79. The second-order valence-electron chi connectivity index (χ2n) is 3.47. The average Bonchev–Trinajstić information content (AvgIpc) is 2.58. The zero-order valence-electron chi connectivity index (χ0n) is 9.69. The lowest BCUT2D eigenvalue weighted by atomic mass is 10.5. The van der Waals surface area contributed by atoms with Crippen molar-refractivity contribution in [1.82, 2.24) is 9.29 Å². The highest BCUT2D eigenvalue weighted by molar-refractivity contribution is 7.91. The highest BCUT2D eigenvalue weighted by Gasteiger charge is 2.27. The normalized spacial score (nSPS) is 11.6. The molecule has 7 heteroatoms. The van der Waals surface area contributed by atoms with Gasteiger partial charge in [0.15, 0.2) is 4.21 Å². The van der Waals surface area contributed by atoms with Gasteiger partial charge in [-0.1, -0.05) is 24.2 Å². The summed E-state index contributed by atoms with van der Waals surface area (Å²) in [7, 11) is -3.66. The summed E-state index contributed by atoms with van der Waals surface area (Å²) < 4.78 is 25.7.